The van der Waals surface area contributed by atoms with E-state index in [1.807, 2.05) is 11.4 Å². The van der Waals surface area contributed by atoms with Gasteiger partial charge in [0.1, 0.15) is 0 Å². The third-order valence-corrected chi connectivity index (χ3v) is 5.47. The van der Waals surface area contributed by atoms with E-state index < -0.39 is 0 Å². The molecule has 142 valence electrons. The first-order valence-corrected chi connectivity index (χ1v) is 9.92. The maximum atomic E-state index is 12.6. The van der Waals surface area contributed by atoms with Gasteiger partial charge in [-0.25, -0.2) is 4.79 Å². The van der Waals surface area contributed by atoms with Crippen LogP contribution >= 0.6 is 11.3 Å². The van der Waals surface area contributed by atoms with Gasteiger partial charge in [-0.05, 0) is 42.5 Å². The molecule has 3 N–H and O–H groups in total. The molecular formula is C19H22N4O3S. The Morgan fingerprint density at radius 3 is 2.96 bits per heavy atom. The highest BCUT2D eigenvalue weighted by molar-refractivity contribution is 7.09. The predicted molar refractivity (Wildman–Crippen MR) is 106 cm³/mol. The van der Waals surface area contributed by atoms with Gasteiger partial charge in [0, 0.05) is 30.3 Å². The summed E-state index contributed by atoms with van der Waals surface area (Å²) in [6.07, 6.45) is 2.32. The summed E-state index contributed by atoms with van der Waals surface area (Å²) in [6, 6.07) is 9.43. The number of rotatable bonds is 7. The summed E-state index contributed by atoms with van der Waals surface area (Å²) in [5, 5.41) is 4.97. The van der Waals surface area contributed by atoms with E-state index in [-0.39, 0.29) is 17.7 Å². The van der Waals surface area contributed by atoms with Crippen LogP contribution in [0.1, 0.15) is 17.7 Å². The Morgan fingerprint density at radius 1 is 1.30 bits per heavy atom. The second-order valence-corrected chi connectivity index (χ2v) is 7.80. The van der Waals surface area contributed by atoms with Crippen molar-refractivity contribution in [2.75, 3.05) is 25.0 Å². The van der Waals surface area contributed by atoms with Crippen LogP contribution in [0.15, 0.2) is 40.5 Å². The number of H-pyrrole nitrogens is 2. The minimum atomic E-state index is -0.257. The third-order valence-electron chi connectivity index (χ3n) is 4.61. The number of aromatic nitrogens is 2. The Bertz CT molecular complexity index is 957. The maximum Gasteiger partial charge on any atom is 0.323 e. The van der Waals surface area contributed by atoms with Gasteiger partial charge in [0.2, 0.25) is 5.91 Å². The van der Waals surface area contributed by atoms with Crippen LogP contribution in [0.5, 0.6) is 0 Å². The van der Waals surface area contributed by atoms with Crippen molar-refractivity contribution in [3.63, 3.8) is 0 Å². The molecule has 1 unspecified atom stereocenters. The van der Waals surface area contributed by atoms with Crippen molar-refractivity contribution in [3.8, 4) is 0 Å². The molecule has 3 aromatic rings. The number of nitrogens with one attached hydrogen (secondary N) is 3. The quantitative estimate of drug-likeness (QED) is 0.582. The van der Waals surface area contributed by atoms with E-state index in [4.69, 9.17) is 4.74 Å². The summed E-state index contributed by atoms with van der Waals surface area (Å²) in [5.41, 5.74) is 1.80. The van der Waals surface area contributed by atoms with Gasteiger partial charge in [-0.3, -0.25) is 9.69 Å². The van der Waals surface area contributed by atoms with Crippen molar-refractivity contribution in [1.29, 1.82) is 0 Å². The highest BCUT2D eigenvalue weighted by atomic mass is 32.1. The fourth-order valence-corrected chi connectivity index (χ4v) is 4.14. The summed E-state index contributed by atoms with van der Waals surface area (Å²) in [5.74, 6) is -0.0817. The number of thiophene rings is 1. The van der Waals surface area contributed by atoms with E-state index in [1.165, 1.54) is 4.88 Å². The lowest BCUT2D eigenvalue weighted by Gasteiger charge is -2.24. The lowest BCUT2D eigenvalue weighted by Crippen LogP contribution is -2.37. The van der Waals surface area contributed by atoms with Crippen molar-refractivity contribution in [1.82, 2.24) is 14.9 Å². The molecule has 27 heavy (non-hydrogen) atoms. The number of nitrogens with zero attached hydrogens (tertiary/aromatic N) is 1. The van der Waals surface area contributed by atoms with Crippen LogP contribution in [0.4, 0.5) is 5.69 Å². The molecule has 1 aromatic carbocycles. The molecule has 1 saturated heterocycles. The Balaban J connectivity index is 1.41. The maximum absolute atomic E-state index is 12.6. The fraction of sp³-hybridized carbons (Fsp3) is 0.368. The highest BCUT2D eigenvalue weighted by Gasteiger charge is 2.21. The number of anilines is 1. The van der Waals surface area contributed by atoms with Gasteiger partial charge >= 0.3 is 5.69 Å². The molecule has 2 aromatic heterocycles. The first-order valence-electron chi connectivity index (χ1n) is 9.04. The second kappa shape index (κ2) is 8.08. The Labute approximate surface area is 160 Å². The molecule has 1 atom stereocenters. The standard InChI is InChI=1S/C19H22N4O3S/c24-18(20-13-5-6-16-17(9-13)22-19(25)21-16)12-23(10-14-3-1-7-26-14)11-15-4-2-8-27-15/h2,4-6,8-9,14H,1,3,7,10-12H2,(H,20,24)(H2,21,22,25). The van der Waals surface area contributed by atoms with Crippen molar-refractivity contribution in [3.05, 3.63) is 51.1 Å². The summed E-state index contributed by atoms with van der Waals surface area (Å²) in [4.78, 5) is 32.7. The number of carbonyl (C=O) groups is 1. The molecule has 0 radical (unpaired) electrons. The Kier molecular flexibility index (Phi) is 5.38. The second-order valence-electron chi connectivity index (χ2n) is 6.77. The van der Waals surface area contributed by atoms with Crippen LogP contribution in [0, 0.1) is 0 Å². The van der Waals surface area contributed by atoms with Gasteiger partial charge < -0.3 is 20.0 Å². The largest absolute Gasteiger partial charge is 0.377 e. The fourth-order valence-electron chi connectivity index (χ4n) is 3.40. The highest BCUT2D eigenvalue weighted by Crippen LogP contribution is 2.18. The zero-order chi connectivity index (χ0) is 18.6. The number of amides is 1. The third kappa shape index (κ3) is 4.65. The van der Waals surface area contributed by atoms with Crippen LogP contribution in [0.2, 0.25) is 0 Å². The SMILES string of the molecule is O=C(CN(Cc1cccs1)CC1CCCO1)Nc1ccc2[nH]c(=O)[nH]c2c1. The van der Waals surface area contributed by atoms with Crippen molar-refractivity contribution in [2.24, 2.45) is 0 Å². The molecule has 0 bridgehead atoms. The van der Waals surface area contributed by atoms with E-state index in [0.29, 0.717) is 17.7 Å². The van der Waals surface area contributed by atoms with Crippen molar-refractivity contribution >= 4 is 34.0 Å². The summed E-state index contributed by atoms with van der Waals surface area (Å²) >= 11 is 1.69. The summed E-state index contributed by atoms with van der Waals surface area (Å²) < 4.78 is 5.75. The first-order chi connectivity index (χ1) is 13.2. The molecule has 0 aliphatic carbocycles. The van der Waals surface area contributed by atoms with E-state index in [9.17, 15) is 9.59 Å². The number of imidazole rings is 1. The lowest BCUT2D eigenvalue weighted by atomic mass is 10.2. The minimum absolute atomic E-state index is 0.0817. The molecule has 1 fully saturated rings. The van der Waals surface area contributed by atoms with Gasteiger partial charge in [0.05, 0.1) is 23.7 Å². The Morgan fingerprint density at radius 2 is 2.19 bits per heavy atom. The van der Waals surface area contributed by atoms with Crippen LogP contribution in [-0.4, -0.2) is 46.6 Å². The van der Waals surface area contributed by atoms with Crippen LogP contribution in [0.3, 0.4) is 0 Å². The Hall–Kier alpha value is -2.42. The summed E-state index contributed by atoms with van der Waals surface area (Å²) in [6.45, 7) is 2.57. The molecule has 0 spiro atoms. The zero-order valence-corrected chi connectivity index (χ0v) is 15.7. The monoisotopic (exact) mass is 386 g/mol. The number of hydrogen-bond donors (Lipinski definition) is 3. The normalized spacial score (nSPS) is 17.0. The van der Waals surface area contributed by atoms with E-state index in [1.54, 1.807) is 29.5 Å². The molecular weight excluding hydrogens is 364 g/mol. The molecule has 1 amide bonds. The molecule has 3 heterocycles. The number of carbonyl (C=O) groups excluding carboxylic acids is 1. The van der Waals surface area contributed by atoms with Crippen LogP contribution in [-0.2, 0) is 16.1 Å². The van der Waals surface area contributed by atoms with Crippen molar-refractivity contribution < 1.29 is 9.53 Å². The first kappa shape index (κ1) is 18.0. The molecule has 1 aliphatic rings. The van der Waals surface area contributed by atoms with Crippen LogP contribution < -0.4 is 11.0 Å². The molecule has 0 saturated carbocycles. The number of fused-ring (bicyclic) bond motifs is 1. The van der Waals surface area contributed by atoms with E-state index in [0.717, 1.165) is 38.1 Å². The van der Waals surface area contributed by atoms with Crippen molar-refractivity contribution in [2.45, 2.75) is 25.5 Å². The topological polar surface area (TPSA) is 90.2 Å². The van der Waals surface area contributed by atoms with Gasteiger partial charge in [-0.1, -0.05) is 6.07 Å². The molecule has 4 rings (SSSR count). The van der Waals surface area contributed by atoms with Gasteiger partial charge in [0.25, 0.3) is 0 Å². The van der Waals surface area contributed by atoms with Crippen LogP contribution in [0.25, 0.3) is 11.0 Å². The smallest absolute Gasteiger partial charge is 0.323 e. The lowest BCUT2D eigenvalue weighted by molar-refractivity contribution is -0.117. The van der Waals surface area contributed by atoms with E-state index in [2.05, 4.69) is 26.3 Å². The molecule has 1 aliphatic heterocycles. The number of ether oxygens (including phenoxy) is 1. The van der Waals surface area contributed by atoms with E-state index >= 15 is 0 Å². The van der Waals surface area contributed by atoms with Gasteiger partial charge in [-0.2, -0.15) is 0 Å². The number of hydrogen-bond acceptors (Lipinski definition) is 5. The minimum Gasteiger partial charge on any atom is -0.377 e. The van der Waals surface area contributed by atoms with Gasteiger partial charge in [0.15, 0.2) is 0 Å². The summed E-state index contributed by atoms with van der Waals surface area (Å²) in [7, 11) is 0. The molecule has 7 nitrogen and oxygen atoms in total. The average molecular weight is 386 g/mol. The number of aromatic amines is 2. The predicted octanol–water partition coefficient (Wildman–Crippen LogP) is 2.54. The average Bonchev–Trinajstić information content (AvgIpc) is 3.36. The zero-order valence-electron chi connectivity index (χ0n) is 14.9. The number of benzene rings is 1. The molecule has 8 heteroatoms. The van der Waals surface area contributed by atoms with Gasteiger partial charge in [-0.15, -0.1) is 11.3 Å².